The van der Waals surface area contributed by atoms with Crippen LogP contribution in [0, 0.1) is 0 Å². The molecule has 1 rings (SSSR count). The molecule has 2 unspecified atom stereocenters. The Balaban J connectivity index is 2.65. The van der Waals surface area contributed by atoms with Crippen LogP contribution in [0.25, 0.3) is 0 Å². The maximum absolute atomic E-state index is 12.4. The third-order valence-corrected chi connectivity index (χ3v) is 3.47. The Bertz CT molecular complexity index is 553. The Hall–Kier alpha value is -1.92. The standard InChI is InChI=1S/C19H29NO5/c1-13(25-19(3,4)5)16(18(22)23-6)20-17(21)14(2)24-12-15-10-8-7-9-11-15/h7-11,13-14,16H,12H2,1-6H3,(H,20,21)/t13?,14?,16-/m0/s1. The quantitative estimate of drug-likeness (QED) is 0.728. The lowest BCUT2D eigenvalue weighted by atomic mass is 10.1. The fraction of sp³-hybridized carbons (Fsp3) is 0.579. The van der Waals surface area contributed by atoms with Crippen molar-refractivity contribution in [1.82, 2.24) is 5.32 Å². The monoisotopic (exact) mass is 351 g/mol. The lowest BCUT2D eigenvalue weighted by Crippen LogP contribution is -2.53. The molecule has 3 atom stereocenters. The number of amides is 1. The molecule has 1 aromatic rings. The van der Waals surface area contributed by atoms with Crippen LogP contribution in [0.15, 0.2) is 30.3 Å². The van der Waals surface area contributed by atoms with Crippen molar-refractivity contribution in [1.29, 1.82) is 0 Å². The first-order valence-corrected chi connectivity index (χ1v) is 8.35. The van der Waals surface area contributed by atoms with E-state index < -0.39 is 35.7 Å². The molecule has 0 aliphatic rings. The number of ether oxygens (including phenoxy) is 3. The van der Waals surface area contributed by atoms with E-state index in [9.17, 15) is 9.59 Å². The molecule has 6 heteroatoms. The zero-order valence-electron chi connectivity index (χ0n) is 15.9. The van der Waals surface area contributed by atoms with Crippen LogP contribution in [0.2, 0.25) is 0 Å². The van der Waals surface area contributed by atoms with Gasteiger partial charge in [0.2, 0.25) is 5.91 Å². The number of carbonyl (C=O) groups is 2. The van der Waals surface area contributed by atoms with Gasteiger partial charge in [-0.2, -0.15) is 0 Å². The minimum atomic E-state index is -0.903. The first kappa shape index (κ1) is 21.1. The Morgan fingerprint density at radius 3 is 2.24 bits per heavy atom. The van der Waals surface area contributed by atoms with E-state index in [1.54, 1.807) is 13.8 Å². The fourth-order valence-electron chi connectivity index (χ4n) is 2.26. The van der Waals surface area contributed by atoms with E-state index >= 15 is 0 Å². The fourth-order valence-corrected chi connectivity index (χ4v) is 2.26. The van der Waals surface area contributed by atoms with Gasteiger partial charge in [-0.25, -0.2) is 4.79 Å². The highest BCUT2D eigenvalue weighted by molar-refractivity contribution is 5.87. The number of nitrogens with one attached hydrogen (secondary N) is 1. The largest absolute Gasteiger partial charge is 0.467 e. The summed E-state index contributed by atoms with van der Waals surface area (Å²) in [4.78, 5) is 24.4. The highest BCUT2D eigenvalue weighted by Gasteiger charge is 2.32. The third-order valence-electron chi connectivity index (χ3n) is 3.47. The summed E-state index contributed by atoms with van der Waals surface area (Å²) in [6, 6.07) is 8.66. The Morgan fingerprint density at radius 1 is 1.12 bits per heavy atom. The molecule has 6 nitrogen and oxygen atoms in total. The van der Waals surface area contributed by atoms with Gasteiger partial charge in [0, 0.05) is 0 Å². The van der Waals surface area contributed by atoms with Crippen molar-refractivity contribution < 1.29 is 23.8 Å². The number of carbonyl (C=O) groups excluding carboxylic acids is 2. The van der Waals surface area contributed by atoms with Crippen molar-refractivity contribution in [2.75, 3.05) is 7.11 Å². The topological polar surface area (TPSA) is 73.9 Å². The van der Waals surface area contributed by atoms with E-state index in [1.165, 1.54) is 7.11 Å². The molecule has 0 aliphatic carbocycles. The van der Waals surface area contributed by atoms with E-state index in [-0.39, 0.29) is 0 Å². The molecule has 0 bridgehead atoms. The van der Waals surface area contributed by atoms with Crippen LogP contribution in [0.4, 0.5) is 0 Å². The van der Waals surface area contributed by atoms with Gasteiger partial charge < -0.3 is 19.5 Å². The summed E-state index contributed by atoms with van der Waals surface area (Å²) in [5, 5.41) is 2.66. The average Bonchev–Trinajstić information content (AvgIpc) is 2.55. The van der Waals surface area contributed by atoms with Gasteiger partial charge in [-0.05, 0) is 40.2 Å². The second-order valence-electron chi connectivity index (χ2n) is 6.88. The molecule has 140 valence electrons. The van der Waals surface area contributed by atoms with Crippen molar-refractivity contribution in [2.24, 2.45) is 0 Å². The van der Waals surface area contributed by atoms with Crippen LogP contribution in [-0.4, -0.2) is 42.8 Å². The number of methoxy groups -OCH3 is 1. The Labute approximate surface area is 149 Å². The smallest absolute Gasteiger partial charge is 0.331 e. The molecule has 0 saturated carbocycles. The molecule has 0 aliphatic heterocycles. The molecule has 0 radical (unpaired) electrons. The molecular weight excluding hydrogens is 322 g/mol. The van der Waals surface area contributed by atoms with E-state index in [0.717, 1.165) is 5.56 Å². The van der Waals surface area contributed by atoms with Crippen LogP contribution >= 0.6 is 0 Å². The van der Waals surface area contributed by atoms with E-state index in [2.05, 4.69) is 5.32 Å². The van der Waals surface area contributed by atoms with Gasteiger partial charge in [-0.1, -0.05) is 30.3 Å². The minimum Gasteiger partial charge on any atom is -0.467 e. The summed E-state index contributed by atoms with van der Waals surface area (Å²) in [5.41, 5.74) is 0.516. The maximum Gasteiger partial charge on any atom is 0.331 e. The van der Waals surface area contributed by atoms with Crippen LogP contribution in [0.1, 0.15) is 40.2 Å². The normalized spacial score (nSPS) is 15.1. The van der Waals surface area contributed by atoms with Crippen LogP contribution in [-0.2, 0) is 30.4 Å². The molecule has 1 amide bonds. The molecule has 0 saturated heterocycles. The Morgan fingerprint density at radius 2 is 1.72 bits per heavy atom. The SMILES string of the molecule is COC(=O)[C@@H](NC(=O)C(C)OCc1ccccc1)C(C)OC(C)(C)C. The second-order valence-corrected chi connectivity index (χ2v) is 6.88. The maximum atomic E-state index is 12.4. The number of rotatable bonds is 8. The van der Waals surface area contributed by atoms with Gasteiger partial charge in [0.25, 0.3) is 0 Å². The van der Waals surface area contributed by atoms with Gasteiger partial charge in [-0.15, -0.1) is 0 Å². The van der Waals surface area contributed by atoms with Crippen molar-refractivity contribution in [3.63, 3.8) is 0 Å². The molecule has 0 aromatic heterocycles. The van der Waals surface area contributed by atoms with E-state index in [4.69, 9.17) is 14.2 Å². The molecule has 1 aromatic carbocycles. The second kappa shape index (κ2) is 9.53. The predicted molar refractivity (Wildman–Crippen MR) is 94.9 cm³/mol. The molecule has 0 heterocycles. The van der Waals surface area contributed by atoms with Gasteiger partial charge in [0.05, 0.1) is 25.4 Å². The number of esters is 1. The lowest BCUT2D eigenvalue weighted by molar-refractivity contribution is -0.155. The highest BCUT2D eigenvalue weighted by atomic mass is 16.5. The number of benzene rings is 1. The zero-order valence-corrected chi connectivity index (χ0v) is 15.9. The summed E-state index contributed by atoms with van der Waals surface area (Å²) in [6.45, 7) is 9.32. The first-order chi connectivity index (χ1) is 11.6. The number of hydrogen-bond donors (Lipinski definition) is 1. The van der Waals surface area contributed by atoms with Gasteiger partial charge in [0.1, 0.15) is 6.10 Å². The summed E-state index contributed by atoms with van der Waals surface area (Å²) in [6.07, 6.45) is -1.26. The first-order valence-electron chi connectivity index (χ1n) is 8.35. The molecule has 0 spiro atoms. The van der Waals surface area contributed by atoms with Gasteiger partial charge in [-0.3, -0.25) is 4.79 Å². The van der Waals surface area contributed by atoms with E-state index in [0.29, 0.717) is 6.61 Å². The van der Waals surface area contributed by atoms with E-state index in [1.807, 2.05) is 51.1 Å². The summed E-state index contributed by atoms with van der Waals surface area (Å²) >= 11 is 0. The van der Waals surface area contributed by atoms with Crippen LogP contribution < -0.4 is 5.32 Å². The molecular formula is C19H29NO5. The number of hydrogen-bond acceptors (Lipinski definition) is 5. The third kappa shape index (κ3) is 7.67. The molecule has 0 fully saturated rings. The van der Waals surface area contributed by atoms with Crippen molar-refractivity contribution in [2.45, 2.75) is 65.1 Å². The Kier molecular flexibility index (Phi) is 8.06. The predicted octanol–water partition coefficient (Wildman–Crippen LogP) is 2.45. The zero-order chi connectivity index (χ0) is 19.0. The van der Waals surface area contributed by atoms with Crippen LogP contribution in [0.5, 0.6) is 0 Å². The molecule has 25 heavy (non-hydrogen) atoms. The van der Waals surface area contributed by atoms with Gasteiger partial charge >= 0.3 is 5.97 Å². The summed E-state index contributed by atoms with van der Waals surface area (Å²) in [5.74, 6) is -0.948. The summed E-state index contributed by atoms with van der Waals surface area (Å²) < 4.78 is 16.1. The van der Waals surface area contributed by atoms with Crippen molar-refractivity contribution in [3.05, 3.63) is 35.9 Å². The van der Waals surface area contributed by atoms with Gasteiger partial charge in [0.15, 0.2) is 6.04 Å². The highest BCUT2D eigenvalue weighted by Crippen LogP contribution is 2.14. The van der Waals surface area contributed by atoms with Crippen molar-refractivity contribution in [3.8, 4) is 0 Å². The molecule has 1 N–H and O–H groups in total. The lowest BCUT2D eigenvalue weighted by Gasteiger charge is -2.30. The minimum absolute atomic E-state index is 0.312. The average molecular weight is 351 g/mol. The van der Waals surface area contributed by atoms with Crippen LogP contribution in [0.3, 0.4) is 0 Å². The summed E-state index contributed by atoms with van der Waals surface area (Å²) in [7, 11) is 1.28. The van der Waals surface area contributed by atoms with Crippen molar-refractivity contribution >= 4 is 11.9 Å².